The number of esters is 1. The second-order valence-corrected chi connectivity index (χ2v) is 8.56. The topological polar surface area (TPSA) is 53.6 Å². The number of anilines is 1. The molecule has 2 heterocycles. The van der Waals surface area contributed by atoms with Crippen molar-refractivity contribution in [1.29, 1.82) is 0 Å². The first kappa shape index (κ1) is 20.8. The molecule has 0 aliphatic carbocycles. The Morgan fingerprint density at radius 3 is 2.68 bits per heavy atom. The predicted octanol–water partition coefficient (Wildman–Crippen LogP) is 3.90. The first-order valence-corrected chi connectivity index (χ1v) is 10.9. The maximum Gasteiger partial charge on any atom is 0.341 e. The third-order valence-electron chi connectivity index (χ3n) is 4.78. The molecule has 0 unspecified atom stereocenters. The Balaban J connectivity index is 1.70. The normalized spacial score (nSPS) is 15.2. The number of carbonyl (C=O) groups excluding carboxylic acids is 1. The van der Waals surface area contributed by atoms with E-state index >= 15 is 0 Å². The van der Waals surface area contributed by atoms with Gasteiger partial charge in [-0.1, -0.05) is 30.3 Å². The Bertz CT molecular complexity index is 799. The number of benzene rings is 1. The smallest absolute Gasteiger partial charge is 0.341 e. The zero-order valence-corrected chi connectivity index (χ0v) is 18.0. The maximum atomic E-state index is 12.4. The second-order valence-electron chi connectivity index (χ2n) is 7.01. The van der Waals surface area contributed by atoms with Gasteiger partial charge >= 0.3 is 5.97 Å². The minimum atomic E-state index is -0.317. The molecule has 2 aromatic rings. The molecule has 2 N–H and O–H groups in total. The average Bonchev–Trinajstić information content (AvgIpc) is 3.06. The van der Waals surface area contributed by atoms with Crippen molar-refractivity contribution in [3.8, 4) is 0 Å². The number of nitrogens with zero attached hydrogens (tertiary/aromatic N) is 1. The van der Waals surface area contributed by atoms with Gasteiger partial charge in [-0.05, 0) is 63.8 Å². The fourth-order valence-corrected chi connectivity index (χ4v) is 4.67. The van der Waals surface area contributed by atoms with Gasteiger partial charge in [0.25, 0.3) is 0 Å². The molecule has 7 heteroatoms. The molecule has 1 aromatic heterocycles. The van der Waals surface area contributed by atoms with Crippen LogP contribution >= 0.6 is 23.6 Å². The van der Waals surface area contributed by atoms with E-state index in [1.807, 2.05) is 31.2 Å². The molecule has 150 valence electrons. The first-order valence-electron chi connectivity index (χ1n) is 9.65. The molecule has 0 amide bonds. The number of thiophene rings is 1. The molecule has 0 radical (unpaired) electrons. The van der Waals surface area contributed by atoms with Crippen LogP contribution in [-0.4, -0.2) is 48.8 Å². The Labute approximate surface area is 176 Å². The van der Waals surface area contributed by atoms with E-state index in [9.17, 15) is 4.79 Å². The van der Waals surface area contributed by atoms with Gasteiger partial charge in [-0.2, -0.15) is 0 Å². The highest BCUT2D eigenvalue weighted by Crippen LogP contribution is 2.30. The Hall–Kier alpha value is -1.96. The third-order valence-corrected chi connectivity index (χ3v) is 6.05. The van der Waals surface area contributed by atoms with E-state index in [2.05, 4.69) is 34.7 Å². The second kappa shape index (κ2) is 10.0. The van der Waals surface area contributed by atoms with Gasteiger partial charge in [0.2, 0.25) is 0 Å². The monoisotopic (exact) mass is 417 g/mol. The highest BCUT2D eigenvalue weighted by Gasteiger charge is 2.21. The van der Waals surface area contributed by atoms with Gasteiger partial charge < -0.3 is 20.3 Å². The summed E-state index contributed by atoms with van der Waals surface area (Å²) in [5, 5.41) is 7.94. The summed E-state index contributed by atoms with van der Waals surface area (Å²) in [5.41, 5.74) is 1.75. The number of ether oxygens (including phenoxy) is 1. The average molecular weight is 418 g/mol. The Kier molecular flexibility index (Phi) is 7.42. The van der Waals surface area contributed by atoms with Crippen LogP contribution in [0.4, 0.5) is 5.00 Å². The number of likely N-dealkylation sites (tertiary alicyclic amines) is 1. The lowest BCUT2D eigenvalue weighted by molar-refractivity contribution is 0.0528. The van der Waals surface area contributed by atoms with Crippen LogP contribution in [0.2, 0.25) is 0 Å². The van der Waals surface area contributed by atoms with E-state index in [4.69, 9.17) is 17.0 Å². The molecule has 0 spiro atoms. The van der Waals surface area contributed by atoms with Gasteiger partial charge in [-0.15, -0.1) is 11.3 Å². The zero-order valence-electron chi connectivity index (χ0n) is 16.4. The number of hydrogen-bond donors (Lipinski definition) is 2. The number of carbonyl (C=O) groups is 1. The van der Waals surface area contributed by atoms with Crippen LogP contribution in [0.15, 0.2) is 36.4 Å². The molecule has 1 aliphatic heterocycles. The van der Waals surface area contributed by atoms with Gasteiger partial charge in [-0.3, -0.25) is 0 Å². The number of thiocarbonyl (C=S) groups is 1. The molecule has 1 aliphatic rings. The van der Waals surface area contributed by atoms with Crippen LogP contribution in [0.1, 0.15) is 40.6 Å². The van der Waals surface area contributed by atoms with Gasteiger partial charge in [0.1, 0.15) is 5.00 Å². The van der Waals surface area contributed by atoms with Crippen molar-refractivity contribution in [2.75, 3.05) is 32.1 Å². The summed E-state index contributed by atoms with van der Waals surface area (Å²) >= 11 is 7.07. The highest BCUT2D eigenvalue weighted by atomic mass is 32.1. The van der Waals surface area contributed by atoms with Crippen LogP contribution in [0, 0.1) is 0 Å². The largest absolute Gasteiger partial charge is 0.462 e. The van der Waals surface area contributed by atoms with Crippen molar-refractivity contribution in [3.63, 3.8) is 0 Å². The zero-order chi connectivity index (χ0) is 19.9. The molecule has 0 bridgehead atoms. The summed E-state index contributed by atoms with van der Waals surface area (Å²) in [5.74, 6) is -0.317. The molecule has 0 atom stereocenters. The lowest BCUT2D eigenvalue weighted by Crippen LogP contribution is -2.44. The molecular formula is C21H27N3O2S2. The summed E-state index contributed by atoms with van der Waals surface area (Å²) in [6.45, 7) is 4.29. The first-order chi connectivity index (χ1) is 13.5. The quantitative estimate of drug-likeness (QED) is 0.549. The Morgan fingerprint density at radius 1 is 1.29 bits per heavy atom. The predicted molar refractivity (Wildman–Crippen MR) is 119 cm³/mol. The van der Waals surface area contributed by atoms with Crippen molar-refractivity contribution in [2.45, 2.75) is 32.2 Å². The Morgan fingerprint density at radius 2 is 2.00 bits per heavy atom. The third kappa shape index (κ3) is 5.77. The van der Waals surface area contributed by atoms with Crippen molar-refractivity contribution in [3.05, 3.63) is 52.4 Å². The highest BCUT2D eigenvalue weighted by molar-refractivity contribution is 7.80. The fraction of sp³-hybridized carbons (Fsp3) is 0.429. The number of hydrogen-bond acceptors (Lipinski definition) is 5. The lowest BCUT2D eigenvalue weighted by atomic mass is 10.1. The summed E-state index contributed by atoms with van der Waals surface area (Å²) < 4.78 is 5.23. The molecule has 28 heavy (non-hydrogen) atoms. The molecule has 1 fully saturated rings. The molecule has 1 saturated heterocycles. The number of nitrogens with one attached hydrogen (secondary N) is 2. The van der Waals surface area contributed by atoms with E-state index in [1.165, 1.54) is 5.56 Å². The van der Waals surface area contributed by atoms with Gasteiger partial charge in [-0.25, -0.2) is 4.79 Å². The van der Waals surface area contributed by atoms with Crippen molar-refractivity contribution in [1.82, 2.24) is 10.2 Å². The minimum absolute atomic E-state index is 0.317. The van der Waals surface area contributed by atoms with Gasteiger partial charge in [0, 0.05) is 17.3 Å². The van der Waals surface area contributed by atoms with Crippen LogP contribution in [0.25, 0.3) is 0 Å². The SMILES string of the molecule is CCOC(=O)c1cc(Cc2ccccc2)sc1NC(=S)NC1CCN(C)CC1. The fourth-order valence-electron chi connectivity index (χ4n) is 3.26. The number of rotatable bonds is 6. The molecule has 1 aromatic carbocycles. The van der Waals surface area contributed by atoms with Crippen LogP contribution in [0.3, 0.4) is 0 Å². The summed E-state index contributed by atoms with van der Waals surface area (Å²) in [6, 6.07) is 12.5. The summed E-state index contributed by atoms with van der Waals surface area (Å²) in [7, 11) is 2.14. The number of piperidine rings is 1. The van der Waals surface area contributed by atoms with E-state index in [0.29, 0.717) is 23.3 Å². The molecular weight excluding hydrogens is 390 g/mol. The molecule has 5 nitrogen and oxygen atoms in total. The van der Waals surface area contributed by atoms with Gasteiger partial charge in [0.15, 0.2) is 5.11 Å². The maximum absolute atomic E-state index is 12.4. The minimum Gasteiger partial charge on any atom is -0.462 e. The summed E-state index contributed by atoms with van der Waals surface area (Å²) in [4.78, 5) is 15.8. The van der Waals surface area contributed by atoms with Crippen LogP contribution in [-0.2, 0) is 11.2 Å². The van der Waals surface area contributed by atoms with E-state index in [-0.39, 0.29) is 5.97 Å². The molecule has 3 rings (SSSR count). The van der Waals surface area contributed by atoms with E-state index < -0.39 is 0 Å². The lowest BCUT2D eigenvalue weighted by Gasteiger charge is -2.30. The van der Waals surface area contributed by atoms with Crippen molar-refractivity contribution in [2.24, 2.45) is 0 Å². The van der Waals surface area contributed by atoms with Crippen LogP contribution in [0.5, 0.6) is 0 Å². The van der Waals surface area contributed by atoms with E-state index in [0.717, 1.165) is 42.2 Å². The van der Waals surface area contributed by atoms with Gasteiger partial charge in [0.05, 0.1) is 12.2 Å². The summed E-state index contributed by atoms with van der Waals surface area (Å²) in [6.07, 6.45) is 2.90. The van der Waals surface area contributed by atoms with Crippen molar-refractivity contribution < 1.29 is 9.53 Å². The molecule has 0 saturated carbocycles. The van der Waals surface area contributed by atoms with Crippen LogP contribution < -0.4 is 10.6 Å². The van der Waals surface area contributed by atoms with Crippen molar-refractivity contribution >= 4 is 39.6 Å². The standard InChI is InChI=1S/C21H27N3O2S2/c1-3-26-20(25)18-14-17(13-15-7-5-4-6-8-15)28-19(18)23-21(27)22-16-9-11-24(2)12-10-16/h4-8,14,16H,3,9-13H2,1-2H3,(H2,22,23,27). The van der Waals surface area contributed by atoms with E-state index in [1.54, 1.807) is 11.3 Å².